The first kappa shape index (κ1) is 17.8. The van der Waals surface area contributed by atoms with Gasteiger partial charge in [-0.1, -0.05) is 50.1 Å². The first-order valence-corrected chi connectivity index (χ1v) is 9.04. The van der Waals surface area contributed by atoms with Gasteiger partial charge >= 0.3 is 0 Å². The largest absolute Gasteiger partial charge is 0.496 e. The van der Waals surface area contributed by atoms with E-state index >= 15 is 0 Å². The van der Waals surface area contributed by atoms with E-state index in [1.807, 2.05) is 0 Å². The van der Waals surface area contributed by atoms with Crippen LogP contribution in [0, 0.1) is 13.8 Å². The average Bonchev–Trinajstić information content (AvgIpc) is 2.48. The number of ether oxygens (including phenoxy) is 2. The predicted molar refractivity (Wildman–Crippen MR) is 104 cm³/mol. The summed E-state index contributed by atoms with van der Waals surface area (Å²) in [5.74, 6) is 2.06. The molecular formula is C23H30O2. The predicted octanol–water partition coefficient (Wildman–Crippen LogP) is 5.83. The number of benzene rings is 2. The van der Waals surface area contributed by atoms with Gasteiger partial charge in [-0.2, -0.15) is 0 Å². The number of aryl methyl sites for hydroxylation is 2. The van der Waals surface area contributed by atoms with Crippen molar-refractivity contribution in [1.29, 1.82) is 0 Å². The summed E-state index contributed by atoms with van der Waals surface area (Å²) in [5, 5.41) is 0. The van der Waals surface area contributed by atoms with E-state index < -0.39 is 0 Å². The van der Waals surface area contributed by atoms with Gasteiger partial charge < -0.3 is 9.47 Å². The van der Waals surface area contributed by atoms with Crippen LogP contribution < -0.4 is 9.47 Å². The van der Waals surface area contributed by atoms with Gasteiger partial charge in [0.05, 0.1) is 7.11 Å². The van der Waals surface area contributed by atoms with Crippen LogP contribution in [-0.2, 0) is 17.4 Å². The molecule has 0 unspecified atom stereocenters. The van der Waals surface area contributed by atoms with E-state index in [2.05, 4.69) is 72.7 Å². The summed E-state index contributed by atoms with van der Waals surface area (Å²) >= 11 is 0. The molecule has 0 atom stereocenters. The first-order chi connectivity index (χ1) is 11.5. The van der Waals surface area contributed by atoms with Crippen molar-refractivity contribution in [3.05, 3.63) is 57.6 Å². The number of fused-ring (bicyclic) bond motifs is 1. The zero-order valence-electron chi connectivity index (χ0n) is 16.8. The van der Waals surface area contributed by atoms with Gasteiger partial charge in [0.2, 0.25) is 0 Å². The van der Waals surface area contributed by atoms with Crippen LogP contribution in [-0.4, -0.2) is 7.11 Å². The molecule has 2 nitrogen and oxygen atoms in total. The molecule has 2 aromatic carbocycles. The lowest BCUT2D eigenvalue weighted by atomic mass is 9.82. The van der Waals surface area contributed by atoms with E-state index in [0.29, 0.717) is 0 Å². The van der Waals surface area contributed by atoms with Crippen LogP contribution in [0.3, 0.4) is 0 Å². The molecule has 0 aliphatic carbocycles. The van der Waals surface area contributed by atoms with Crippen molar-refractivity contribution in [1.82, 2.24) is 0 Å². The Balaban J connectivity index is 2.10. The number of methoxy groups -OCH3 is 1. The molecule has 2 aromatic rings. The van der Waals surface area contributed by atoms with Crippen molar-refractivity contribution in [2.45, 2.75) is 65.9 Å². The molecule has 0 N–H and O–H groups in total. The molecule has 1 aliphatic rings. The second kappa shape index (κ2) is 5.79. The van der Waals surface area contributed by atoms with Crippen molar-refractivity contribution in [3.8, 4) is 11.5 Å². The molecule has 0 saturated heterocycles. The van der Waals surface area contributed by atoms with Crippen LogP contribution >= 0.6 is 0 Å². The summed E-state index contributed by atoms with van der Waals surface area (Å²) in [4.78, 5) is 0. The van der Waals surface area contributed by atoms with Crippen molar-refractivity contribution >= 4 is 0 Å². The Morgan fingerprint density at radius 1 is 0.960 bits per heavy atom. The molecule has 0 amide bonds. The molecule has 2 heteroatoms. The van der Waals surface area contributed by atoms with Gasteiger partial charge in [-0.25, -0.2) is 0 Å². The van der Waals surface area contributed by atoms with E-state index in [4.69, 9.17) is 9.47 Å². The van der Waals surface area contributed by atoms with Gasteiger partial charge in [0.25, 0.3) is 0 Å². The van der Waals surface area contributed by atoms with Gasteiger partial charge in [-0.3, -0.25) is 0 Å². The minimum Gasteiger partial charge on any atom is -0.496 e. The Bertz CT molecular complexity index is 823. The molecule has 134 valence electrons. The Kier molecular flexibility index (Phi) is 4.14. The van der Waals surface area contributed by atoms with Crippen molar-refractivity contribution < 1.29 is 9.47 Å². The molecule has 0 bridgehead atoms. The summed E-state index contributed by atoms with van der Waals surface area (Å²) in [7, 11) is 1.78. The first-order valence-electron chi connectivity index (χ1n) is 9.04. The van der Waals surface area contributed by atoms with E-state index in [-0.39, 0.29) is 11.0 Å². The Hall–Kier alpha value is -1.96. The van der Waals surface area contributed by atoms with Crippen LogP contribution in [0.15, 0.2) is 24.3 Å². The topological polar surface area (TPSA) is 18.5 Å². The summed E-state index contributed by atoms with van der Waals surface area (Å²) in [6, 6.07) is 8.98. The lowest BCUT2D eigenvalue weighted by Gasteiger charge is -2.40. The molecule has 0 spiro atoms. The molecule has 0 saturated carbocycles. The molecule has 3 rings (SSSR count). The number of hydrogen-bond donors (Lipinski definition) is 0. The van der Waals surface area contributed by atoms with Crippen LogP contribution in [0.4, 0.5) is 0 Å². The zero-order chi connectivity index (χ0) is 18.6. The molecule has 25 heavy (non-hydrogen) atoms. The van der Waals surface area contributed by atoms with E-state index in [0.717, 1.165) is 17.9 Å². The fourth-order valence-corrected chi connectivity index (χ4v) is 3.79. The van der Waals surface area contributed by atoms with Crippen molar-refractivity contribution in [2.24, 2.45) is 0 Å². The van der Waals surface area contributed by atoms with Crippen LogP contribution in [0.2, 0.25) is 0 Å². The normalized spacial score (nSPS) is 15.2. The zero-order valence-corrected chi connectivity index (χ0v) is 16.8. The van der Waals surface area contributed by atoms with E-state index in [9.17, 15) is 0 Å². The second-order valence-electron chi connectivity index (χ2n) is 8.84. The molecular weight excluding hydrogens is 308 g/mol. The molecule has 1 heterocycles. The number of hydrogen-bond acceptors (Lipinski definition) is 2. The standard InChI is InChI=1S/C23H30O2/c1-14-9-16(20(24-8)18(11-14)22(3,4)5)13-17-10-15(2)12-19-21(17)25-23(19,6)7/h9-12H,13H2,1-8H3. The average molecular weight is 338 g/mol. The highest BCUT2D eigenvalue weighted by atomic mass is 16.5. The van der Waals surface area contributed by atoms with Crippen molar-refractivity contribution in [2.75, 3.05) is 7.11 Å². The number of rotatable bonds is 3. The van der Waals surface area contributed by atoms with Crippen LogP contribution in [0.25, 0.3) is 0 Å². The van der Waals surface area contributed by atoms with Gasteiger partial charge in [-0.15, -0.1) is 0 Å². The molecule has 1 aliphatic heterocycles. The molecule has 0 fully saturated rings. The fourth-order valence-electron chi connectivity index (χ4n) is 3.79. The minimum atomic E-state index is -0.177. The van der Waals surface area contributed by atoms with Gasteiger partial charge in [0.15, 0.2) is 0 Å². The maximum absolute atomic E-state index is 6.09. The monoisotopic (exact) mass is 338 g/mol. The quantitative estimate of drug-likeness (QED) is 0.701. The molecule has 0 aromatic heterocycles. The smallest absolute Gasteiger partial charge is 0.132 e. The highest BCUT2D eigenvalue weighted by Crippen LogP contribution is 2.48. The lowest BCUT2D eigenvalue weighted by molar-refractivity contribution is 0.0501. The summed E-state index contributed by atoms with van der Waals surface area (Å²) in [6.45, 7) is 15.3. The lowest BCUT2D eigenvalue weighted by Crippen LogP contribution is -2.36. The third kappa shape index (κ3) is 3.15. The summed E-state index contributed by atoms with van der Waals surface area (Å²) < 4.78 is 11.9. The third-order valence-electron chi connectivity index (χ3n) is 5.02. The Morgan fingerprint density at radius 2 is 1.56 bits per heavy atom. The summed E-state index contributed by atoms with van der Waals surface area (Å²) in [5.41, 5.74) is 7.47. The maximum Gasteiger partial charge on any atom is 0.132 e. The minimum absolute atomic E-state index is 0.0439. The van der Waals surface area contributed by atoms with Crippen LogP contribution in [0.5, 0.6) is 11.5 Å². The fraction of sp³-hybridized carbons (Fsp3) is 0.478. The van der Waals surface area contributed by atoms with E-state index in [1.165, 1.54) is 33.4 Å². The van der Waals surface area contributed by atoms with Crippen molar-refractivity contribution in [3.63, 3.8) is 0 Å². The molecule has 0 radical (unpaired) electrons. The third-order valence-corrected chi connectivity index (χ3v) is 5.02. The van der Waals surface area contributed by atoms with Gasteiger partial charge in [0, 0.05) is 17.5 Å². The summed E-state index contributed by atoms with van der Waals surface area (Å²) in [6.07, 6.45) is 0.827. The van der Waals surface area contributed by atoms with E-state index in [1.54, 1.807) is 7.11 Å². The van der Waals surface area contributed by atoms with Crippen LogP contribution in [0.1, 0.15) is 68.0 Å². The highest BCUT2D eigenvalue weighted by molar-refractivity contribution is 5.56. The Labute approximate surface area is 152 Å². The highest BCUT2D eigenvalue weighted by Gasteiger charge is 2.38. The second-order valence-corrected chi connectivity index (χ2v) is 8.84. The van der Waals surface area contributed by atoms with Gasteiger partial charge in [0.1, 0.15) is 17.1 Å². The SMILES string of the molecule is COc1c(Cc2cc(C)cc3c2OC3(C)C)cc(C)cc1C(C)(C)C. The maximum atomic E-state index is 6.09. The Morgan fingerprint density at radius 3 is 2.12 bits per heavy atom. The van der Waals surface area contributed by atoms with Gasteiger partial charge in [-0.05, 0) is 50.3 Å².